The van der Waals surface area contributed by atoms with Crippen molar-refractivity contribution in [2.24, 2.45) is 5.92 Å². The molecule has 0 spiro atoms. The van der Waals surface area contributed by atoms with Crippen molar-refractivity contribution in [2.45, 2.75) is 13.3 Å². The number of aliphatic carboxylic acids is 1. The highest BCUT2D eigenvalue weighted by molar-refractivity contribution is 7.10. The van der Waals surface area contributed by atoms with E-state index >= 15 is 0 Å². The zero-order chi connectivity index (χ0) is 11.5. The van der Waals surface area contributed by atoms with Crippen molar-refractivity contribution in [2.75, 3.05) is 13.1 Å². The Labute approximate surface area is 98.8 Å². The van der Waals surface area contributed by atoms with Crippen molar-refractivity contribution in [1.82, 2.24) is 5.32 Å². The van der Waals surface area contributed by atoms with E-state index in [0.717, 1.165) is 13.1 Å². The molecule has 2 heterocycles. The Bertz CT molecular complexity index is 422. The second-order valence-electron chi connectivity index (χ2n) is 4.06. The molecule has 0 unspecified atom stereocenters. The normalized spacial score (nSPS) is 20.6. The van der Waals surface area contributed by atoms with Crippen molar-refractivity contribution in [3.63, 3.8) is 0 Å². The molecule has 1 atom stereocenters. The first-order chi connectivity index (χ1) is 7.66. The summed E-state index contributed by atoms with van der Waals surface area (Å²) in [5.74, 6) is -0.633. The van der Waals surface area contributed by atoms with Gasteiger partial charge in [-0.1, -0.05) is 6.08 Å². The van der Waals surface area contributed by atoms with E-state index < -0.39 is 5.97 Å². The largest absolute Gasteiger partial charge is 0.481 e. The smallest absolute Gasteiger partial charge is 0.304 e. The van der Waals surface area contributed by atoms with Crippen molar-refractivity contribution >= 4 is 22.9 Å². The van der Waals surface area contributed by atoms with Gasteiger partial charge in [0.25, 0.3) is 0 Å². The Morgan fingerprint density at radius 1 is 1.69 bits per heavy atom. The van der Waals surface area contributed by atoms with Gasteiger partial charge >= 0.3 is 5.97 Å². The van der Waals surface area contributed by atoms with Crippen molar-refractivity contribution < 1.29 is 9.90 Å². The summed E-state index contributed by atoms with van der Waals surface area (Å²) in [6.07, 6.45) is 2.31. The second-order valence-corrected chi connectivity index (χ2v) is 5.17. The first-order valence-corrected chi connectivity index (χ1v) is 6.23. The zero-order valence-corrected chi connectivity index (χ0v) is 10.0. The van der Waals surface area contributed by atoms with Crippen LogP contribution in [-0.4, -0.2) is 24.2 Å². The van der Waals surface area contributed by atoms with E-state index in [-0.39, 0.29) is 12.3 Å². The van der Waals surface area contributed by atoms with Gasteiger partial charge in [-0.05, 0) is 29.5 Å². The molecule has 0 amide bonds. The minimum Gasteiger partial charge on any atom is -0.481 e. The highest BCUT2D eigenvalue weighted by Gasteiger charge is 2.21. The number of hydrogen-bond donors (Lipinski definition) is 2. The van der Waals surface area contributed by atoms with Crippen molar-refractivity contribution in [3.05, 3.63) is 28.0 Å². The molecule has 4 heteroatoms. The van der Waals surface area contributed by atoms with Crippen molar-refractivity contribution in [1.29, 1.82) is 0 Å². The molecule has 0 aromatic carbocycles. The maximum Gasteiger partial charge on any atom is 0.304 e. The summed E-state index contributed by atoms with van der Waals surface area (Å²) in [5.41, 5.74) is 2.38. The molecule has 0 radical (unpaired) electrons. The lowest BCUT2D eigenvalue weighted by Crippen LogP contribution is -2.30. The van der Waals surface area contributed by atoms with Crippen LogP contribution in [0.15, 0.2) is 17.5 Å². The molecule has 86 valence electrons. The minimum atomic E-state index is -0.730. The number of aryl methyl sites for hydroxylation is 1. The van der Waals surface area contributed by atoms with E-state index in [1.165, 1.54) is 16.0 Å². The maximum absolute atomic E-state index is 10.8. The topological polar surface area (TPSA) is 49.3 Å². The van der Waals surface area contributed by atoms with E-state index in [1.54, 1.807) is 11.3 Å². The predicted octanol–water partition coefficient (Wildman–Crippen LogP) is 2.13. The fourth-order valence-corrected chi connectivity index (χ4v) is 2.77. The molecule has 0 fully saturated rings. The zero-order valence-electron chi connectivity index (χ0n) is 9.19. The molecule has 0 bridgehead atoms. The molecular weight excluding hydrogens is 222 g/mol. The van der Waals surface area contributed by atoms with E-state index in [4.69, 9.17) is 5.11 Å². The quantitative estimate of drug-likeness (QED) is 0.846. The Kier molecular flexibility index (Phi) is 3.41. The lowest BCUT2D eigenvalue weighted by molar-refractivity contribution is -0.137. The summed E-state index contributed by atoms with van der Waals surface area (Å²) < 4.78 is 0. The van der Waals surface area contributed by atoms with Gasteiger partial charge < -0.3 is 10.4 Å². The van der Waals surface area contributed by atoms with Crippen LogP contribution in [0, 0.1) is 12.8 Å². The van der Waals surface area contributed by atoms with Crippen LogP contribution < -0.4 is 5.32 Å². The molecule has 1 aliphatic rings. The van der Waals surface area contributed by atoms with Gasteiger partial charge in [-0.25, -0.2) is 0 Å². The van der Waals surface area contributed by atoms with E-state index in [0.29, 0.717) is 0 Å². The minimum absolute atomic E-state index is 0.0975. The molecule has 1 aromatic heterocycles. The number of carboxylic acid groups (broad SMARTS) is 1. The SMILES string of the molecule is Cc1cc(C2=CCNC[C@@H]2CC(=O)O)cs1. The highest BCUT2D eigenvalue weighted by atomic mass is 32.1. The summed E-state index contributed by atoms with van der Waals surface area (Å²) in [7, 11) is 0. The van der Waals surface area contributed by atoms with Gasteiger partial charge in [0.2, 0.25) is 0 Å². The number of carboxylic acids is 1. The van der Waals surface area contributed by atoms with Gasteiger partial charge in [-0.3, -0.25) is 4.79 Å². The van der Waals surface area contributed by atoms with Gasteiger partial charge in [0.15, 0.2) is 0 Å². The first kappa shape index (κ1) is 11.4. The Morgan fingerprint density at radius 2 is 2.50 bits per heavy atom. The second kappa shape index (κ2) is 4.80. The number of nitrogens with one attached hydrogen (secondary N) is 1. The molecule has 2 N–H and O–H groups in total. The fraction of sp³-hybridized carbons (Fsp3) is 0.417. The van der Waals surface area contributed by atoms with E-state index in [2.05, 4.69) is 29.8 Å². The monoisotopic (exact) mass is 237 g/mol. The average molecular weight is 237 g/mol. The first-order valence-electron chi connectivity index (χ1n) is 5.35. The predicted molar refractivity (Wildman–Crippen MR) is 65.6 cm³/mol. The standard InChI is InChI=1S/C12H15NO2S/c1-8-4-10(7-16-8)11-2-3-13-6-9(11)5-12(14)15/h2,4,7,9,13H,3,5-6H2,1H3,(H,14,15)/t9-/m0/s1. The number of thiophene rings is 1. The van der Waals surface area contributed by atoms with Gasteiger partial charge in [0.1, 0.15) is 0 Å². The molecule has 0 saturated heterocycles. The van der Waals surface area contributed by atoms with Crippen LogP contribution in [-0.2, 0) is 4.79 Å². The van der Waals surface area contributed by atoms with Crippen LogP contribution in [0.3, 0.4) is 0 Å². The number of carbonyl (C=O) groups is 1. The summed E-state index contributed by atoms with van der Waals surface area (Å²) in [6, 6.07) is 2.14. The van der Waals surface area contributed by atoms with Crippen LogP contribution in [0.25, 0.3) is 5.57 Å². The van der Waals surface area contributed by atoms with Crippen LogP contribution in [0.2, 0.25) is 0 Å². The Hall–Kier alpha value is -1.13. The third-order valence-corrected chi connectivity index (χ3v) is 3.64. The van der Waals surface area contributed by atoms with Gasteiger partial charge in [0.05, 0.1) is 6.42 Å². The molecule has 1 aromatic rings. The molecule has 2 rings (SSSR count). The van der Waals surface area contributed by atoms with E-state index in [9.17, 15) is 4.79 Å². The van der Waals surface area contributed by atoms with Gasteiger partial charge in [-0.15, -0.1) is 11.3 Å². The number of rotatable bonds is 3. The summed E-state index contributed by atoms with van der Waals surface area (Å²) >= 11 is 1.71. The Morgan fingerprint density at radius 3 is 3.12 bits per heavy atom. The number of hydrogen-bond acceptors (Lipinski definition) is 3. The van der Waals surface area contributed by atoms with E-state index in [1.807, 2.05) is 0 Å². The maximum atomic E-state index is 10.8. The van der Waals surface area contributed by atoms with Gasteiger partial charge in [0, 0.05) is 23.9 Å². The molecule has 3 nitrogen and oxygen atoms in total. The Balaban J connectivity index is 2.22. The third kappa shape index (κ3) is 2.51. The third-order valence-electron chi connectivity index (χ3n) is 2.78. The molecule has 0 aliphatic carbocycles. The van der Waals surface area contributed by atoms with Gasteiger partial charge in [-0.2, -0.15) is 0 Å². The van der Waals surface area contributed by atoms with Crippen LogP contribution in [0.1, 0.15) is 16.9 Å². The average Bonchev–Trinajstić information content (AvgIpc) is 2.65. The molecule has 0 saturated carbocycles. The summed E-state index contributed by atoms with van der Waals surface area (Å²) in [4.78, 5) is 12.1. The van der Waals surface area contributed by atoms with Crippen LogP contribution in [0.4, 0.5) is 0 Å². The molecule has 16 heavy (non-hydrogen) atoms. The molecule has 1 aliphatic heterocycles. The highest BCUT2D eigenvalue weighted by Crippen LogP contribution is 2.30. The lowest BCUT2D eigenvalue weighted by atomic mass is 9.89. The van der Waals surface area contributed by atoms with Crippen LogP contribution >= 0.6 is 11.3 Å². The van der Waals surface area contributed by atoms with Crippen LogP contribution in [0.5, 0.6) is 0 Å². The van der Waals surface area contributed by atoms with Crippen molar-refractivity contribution in [3.8, 4) is 0 Å². The lowest BCUT2D eigenvalue weighted by Gasteiger charge is -2.23. The fourth-order valence-electron chi connectivity index (χ4n) is 2.06. The summed E-state index contributed by atoms with van der Waals surface area (Å²) in [6.45, 7) is 3.66. The molecular formula is C12H15NO2S. The summed E-state index contributed by atoms with van der Waals surface area (Å²) in [5, 5.41) is 14.2.